The van der Waals surface area contributed by atoms with Gasteiger partial charge in [0.05, 0.1) is 16.9 Å². The van der Waals surface area contributed by atoms with Crippen LogP contribution in [-0.2, 0) is 0 Å². The highest BCUT2D eigenvalue weighted by Crippen LogP contribution is 2.33. The van der Waals surface area contributed by atoms with E-state index in [4.69, 9.17) is 5.73 Å². The van der Waals surface area contributed by atoms with Crippen molar-refractivity contribution in [2.45, 2.75) is 6.92 Å². The number of pyridine rings is 1. The minimum Gasteiger partial charge on any atom is -0.398 e. The van der Waals surface area contributed by atoms with E-state index in [1.807, 2.05) is 24.3 Å². The average Bonchev–Trinajstić information content (AvgIpc) is 2.45. The van der Waals surface area contributed by atoms with Crippen LogP contribution in [0.5, 0.6) is 0 Å². The Labute approximate surface area is 139 Å². The van der Waals surface area contributed by atoms with Gasteiger partial charge in [-0.3, -0.25) is 4.98 Å². The Morgan fingerprint density at radius 3 is 2.57 bits per heavy atom. The Bertz CT molecular complexity index is 831. The fraction of sp³-hybridized carbons (Fsp3) is 0.0625. The average molecular weight is 407 g/mol. The van der Waals surface area contributed by atoms with Crippen molar-refractivity contribution in [3.8, 4) is 0 Å². The Kier molecular flexibility index (Phi) is 3.87. The number of hydrogen-bond acceptors (Lipinski definition) is 3. The van der Waals surface area contributed by atoms with Crippen molar-refractivity contribution in [3.05, 3.63) is 57.1 Å². The molecule has 1 heterocycles. The summed E-state index contributed by atoms with van der Waals surface area (Å²) in [6.45, 7) is 2.06. The summed E-state index contributed by atoms with van der Waals surface area (Å²) >= 11 is 7.01. The van der Waals surface area contributed by atoms with Crippen LogP contribution in [0.25, 0.3) is 10.9 Å². The highest BCUT2D eigenvalue weighted by Gasteiger charge is 2.08. The normalized spacial score (nSPS) is 10.8. The van der Waals surface area contributed by atoms with E-state index in [2.05, 4.69) is 61.2 Å². The SMILES string of the molecule is Cc1ccc(Nc2ccc(N)c3cc(Br)cnc23)c(Br)c1. The molecule has 1 aromatic heterocycles. The van der Waals surface area contributed by atoms with E-state index in [1.54, 1.807) is 6.20 Å². The van der Waals surface area contributed by atoms with Crippen LogP contribution in [0.3, 0.4) is 0 Å². The van der Waals surface area contributed by atoms with E-state index in [0.717, 1.165) is 31.2 Å². The fourth-order valence-corrected chi connectivity index (χ4v) is 3.11. The molecule has 0 aliphatic rings. The summed E-state index contributed by atoms with van der Waals surface area (Å²) in [6.07, 6.45) is 1.77. The van der Waals surface area contributed by atoms with Gasteiger partial charge >= 0.3 is 0 Å². The number of anilines is 3. The van der Waals surface area contributed by atoms with Gasteiger partial charge in [0.15, 0.2) is 0 Å². The van der Waals surface area contributed by atoms with Crippen molar-refractivity contribution in [1.82, 2.24) is 4.98 Å². The molecular formula is C16H13Br2N3. The van der Waals surface area contributed by atoms with E-state index in [1.165, 1.54) is 5.56 Å². The van der Waals surface area contributed by atoms with Crippen molar-refractivity contribution in [3.63, 3.8) is 0 Å². The minimum atomic E-state index is 0.715. The van der Waals surface area contributed by atoms with Crippen LogP contribution in [0, 0.1) is 6.92 Å². The molecule has 0 saturated heterocycles. The highest BCUT2D eigenvalue weighted by atomic mass is 79.9. The number of hydrogen-bond donors (Lipinski definition) is 2. The topological polar surface area (TPSA) is 50.9 Å². The molecule has 0 amide bonds. The zero-order chi connectivity index (χ0) is 15.0. The van der Waals surface area contributed by atoms with E-state index in [-0.39, 0.29) is 0 Å². The number of aromatic nitrogens is 1. The van der Waals surface area contributed by atoms with Crippen LogP contribution in [-0.4, -0.2) is 4.98 Å². The third-order valence-electron chi connectivity index (χ3n) is 3.24. The van der Waals surface area contributed by atoms with Crippen LogP contribution in [0.15, 0.2) is 51.5 Å². The number of nitrogens with zero attached hydrogens (tertiary/aromatic N) is 1. The molecule has 3 nitrogen and oxygen atoms in total. The Hall–Kier alpha value is -1.59. The number of aryl methyl sites for hydroxylation is 1. The number of nitrogens with two attached hydrogens (primary N) is 1. The number of benzene rings is 2. The standard InChI is InChI=1S/C16H13Br2N3/c1-9-2-4-14(12(18)6-9)21-15-5-3-13(19)11-7-10(17)8-20-16(11)15/h2-8,21H,19H2,1H3. The van der Waals surface area contributed by atoms with Gasteiger partial charge in [-0.1, -0.05) is 6.07 Å². The van der Waals surface area contributed by atoms with E-state index < -0.39 is 0 Å². The molecule has 0 aliphatic heterocycles. The summed E-state index contributed by atoms with van der Waals surface area (Å²) < 4.78 is 1.93. The first kappa shape index (κ1) is 14.4. The third-order valence-corrected chi connectivity index (χ3v) is 4.33. The predicted octanol–water partition coefficient (Wildman–Crippen LogP) is 5.39. The number of nitrogen functional groups attached to an aromatic ring is 1. The van der Waals surface area contributed by atoms with Crippen LogP contribution in [0.2, 0.25) is 0 Å². The molecular weight excluding hydrogens is 394 g/mol. The smallest absolute Gasteiger partial charge is 0.0958 e. The summed E-state index contributed by atoms with van der Waals surface area (Å²) in [4.78, 5) is 4.48. The molecule has 5 heteroatoms. The monoisotopic (exact) mass is 405 g/mol. The first-order valence-corrected chi connectivity index (χ1v) is 8.00. The number of fused-ring (bicyclic) bond motifs is 1. The van der Waals surface area contributed by atoms with Gasteiger partial charge in [0.25, 0.3) is 0 Å². The Morgan fingerprint density at radius 1 is 1.05 bits per heavy atom. The van der Waals surface area contributed by atoms with Crippen molar-refractivity contribution < 1.29 is 0 Å². The van der Waals surface area contributed by atoms with E-state index in [0.29, 0.717) is 5.69 Å². The molecule has 2 aromatic carbocycles. The van der Waals surface area contributed by atoms with Gasteiger partial charge in [-0.15, -0.1) is 0 Å². The van der Waals surface area contributed by atoms with Gasteiger partial charge in [0, 0.05) is 26.2 Å². The summed E-state index contributed by atoms with van der Waals surface area (Å²) in [5.41, 5.74) is 10.7. The molecule has 0 spiro atoms. The second kappa shape index (κ2) is 5.66. The van der Waals surface area contributed by atoms with Gasteiger partial charge in [-0.05, 0) is 74.7 Å². The molecule has 3 rings (SSSR count). The zero-order valence-electron chi connectivity index (χ0n) is 11.3. The summed E-state index contributed by atoms with van der Waals surface area (Å²) in [6, 6.07) is 12.0. The van der Waals surface area contributed by atoms with Crippen LogP contribution >= 0.6 is 31.9 Å². The molecule has 21 heavy (non-hydrogen) atoms. The predicted molar refractivity (Wildman–Crippen MR) is 96.0 cm³/mol. The summed E-state index contributed by atoms with van der Waals surface area (Å²) in [7, 11) is 0. The fourth-order valence-electron chi connectivity index (χ4n) is 2.18. The molecule has 0 aliphatic carbocycles. The molecule has 0 atom stereocenters. The summed E-state index contributed by atoms with van der Waals surface area (Å²) in [5, 5.41) is 4.34. The van der Waals surface area contributed by atoms with Crippen molar-refractivity contribution in [1.29, 1.82) is 0 Å². The first-order valence-electron chi connectivity index (χ1n) is 6.41. The maximum absolute atomic E-state index is 6.04. The first-order chi connectivity index (χ1) is 10.0. The summed E-state index contributed by atoms with van der Waals surface area (Å²) in [5.74, 6) is 0. The van der Waals surface area contributed by atoms with Gasteiger partial charge in [0.2, 0.25) is 0 Å². The lowest BCUT2D eigenvalue weighted by Gasteiger charge is -2.12. The molecule has 0 unspecified atom stereocenters. The van der Waals surface area contributed by atoms with E-state index in [9.17, 15) is 0 Å². The van der Waals surface area contributed by atoms with Crippen molar-refractivity contribution in [2.75, 3.05) is 11.1 Å². The molecule has 3 aromatic rings. The second-order valence-electron chi connectivity index (χ2n) is 4.86. The number of nitrogens with one attached hydrogen (secondary N) is 1. The third kappa shape index (κ3) is 2.89. The molecule has 0 radical (unpaired) electrons. The van der Waals surface area contributed by atoms with E-state index >= 15 is 0 Å². The second-order valence-corrected chi connectivity index (χ2v) is 6.63. The maximum atomic E-state index is 6.04. The molecule has 0 bridgehead atoms. The van der Waals surface area contributed by atoms with Crippen LogP contribution in [0.1, 0.15) is 5.56 Å². The van der Waals surface area contributed by atoms with Crippen LogP contribution in [0.4, 0.5) is 17.1 Å². The molecule has 106 valence electrons. The lowest BCUT2D eigenvalue weighted by Crippen LogP contribution is -1.96. The maximum Gasteiger partial charge on any atom is 0.0958 e. The number of halogens is 2. The molecule has 0 fully saturated rings. The van der Waals surface area contributed by atoms with Crippen molar-refractivity contribution >= 4 is 59.8 Å². The highest BCUT2D eigenvalue weighted by molar-refractivity contribution is 9.10. The van der Waals surface area contributed by atoms with Gasteiger partial charge in [0.1, 0.15) is 0 Å². The van der Waals surface area contributed by atoms with Gasteiger partial charge in [-0.2, -0.15) is 0 Å². The zero-order valence-corrected chi connectivity index (χ0v) is 14.5. The minimum absolute atomic E-state index is 0.715. The Morgan fingerprint density at radius 2 is 1.81 bits per heavy atom. The number of rotatable bonds is 2. The molecule has 3 N–H and O–H groups in total. The molecule has 0 saturated carbocycles. The van der Waals surface area contributed by atoms with Crippen molar-refractivity contribution in [2.24, 2.45) is 0 Å². The largest absolute Gasteiger partial charge is 0.398 e. The van der Waals surface area contributed by atoms with Crippen LogP contribution < -0.4 is 11.1 Å². The Balaban J connectivity index is 2.11. The quantitative estimate of drug-likeness (QED) is 0.560. The lowest BCUT2D eigenvalue weighted by molar-refractivity contribution is 1.38. The van der Waals surface area contributed by atoms with Gasteiger partial charge in [-0.25, -0.2) is 0 Å². The van der Waals surface area contributed by atoms with Gasteiger partial charge < -0.3 is 11.1 Å². The lowest BCUT2D eigenvalue weighted by atomic mass is 10.1.